The van der Waals surface area contributed by atoms with Gasteiger partial charge in [-0.3, -0.25) is 5.10 Å². The SMILES string of the molecule is COc1ccc(Cc2nc(C3CCCN3)n[nH]2)cc1. The average Bonchev–Trinajstić information content (AvgIpc) is 3.10. The zero-order chi connectivity index (χ0) is 13.1. The van der Waals surface area contributed by atoms with E-state index in [2.05, 4.69) is 32.6 Å². The summed E-state index contributed by atoms with van der Waals surface area (Å²) in [6.07, 6.45) is 3.09. The van der Waals surface area contributed by atoms with Crippen LogP contribution in [0.25, 0.3) is 0 Å². The molecule has 100 valence electrons. The zero-order valence-electron chi connectivity index (χ0n) is 11.0. The lowest BCUT2D eigenvalue weighted by Crippen LogP contribution is -2.14. The van der Waals surface area contributed by atoms with Crippen molar-refractivity contribution in [3.63, 3.8) is 0 Å². The van der Waals surface area contributed by atoms with E-state index in [0.29, 0.717) is 6.04 Å². The number of hydrogen-bond donors (Lipinski definition) is 2. The third-order valence-electron chi connectivity index (χ3n) is 3.45. The molecule has 1 atom stereocenters. The number of ether oxygens (including phenoxy) is 1. The summed E-state index contributed by atoms with van der Waals surface area (Å²) < 4.78 is 5.15. The molecule has 1 fully saturated rings. The molecule has 2 heterocycles. The van der Waals surface area contributed by atoms with Gasteiger partial charge in [-0.25, -0.2) is 4.98 Å². The molecule has 0 spiro atoms. The van der Waals surface area contributed by atoms with E-state index in [9.17, 15) is 0 Å². The van der Waals surface area contributed by atoms with Gasteiger partial charge >= 0.3 is 0 Å². The molecule has 1 aromatic heterocycles. The molecule has 1 saturated heterocycles. The van der Waals surface area contributed by atoms with E-state index >= 15 is 0 Å². The van der Waals surface area contributed by atoms with E-state index in [0.717, 1.165) is 36.8 Å². The van der Waals surface area contributed by atoms with Crippen LogP contribution in [0.1, 0.15) is 36.1 Å². The van der Waals surface area contributed by atoms with E-state index in [4.69, 9.17) is 4.74 Å². The lowest BCUT2D eigenvalue weighted by Gasteiger charge is -2.03. The molecule has 0 aliphatic carbocycles. The summed E-state index contributed by atoms with van der Waals surface area (Å²) in [4.78, 5) is 4.57. The second kappa shape index (κ2) is 5.40. The Hall–Kier alpha value is -1.88. The molecule has 0 bridgehead atoms. The normalized spacial score (nSPS) is 18.7. The highest BCUT2D eigenvalue weighted by molar-refractivity contribution is 5.28. The van der Waals surface area contributed by atoms with Gasteiger partial charge in [0.15, 0.2) is 5.82 Å². The Morgan fingerprint density at radius 1 is 1.32 bits per heavy atom. The fraction of sp³-hybridized carbons (Fsp3) is 0.429. The van der Waals surface area contributed by atoms with Crippen molar-refractivity contribution in [3.8, 4) is 5.75 Å². The minimum absolute atomic E-state index is 0.320. The number of methoxy groups -OCH3 is 1. The van der Waals surface area contributed by atoms with Crippen molar-refractivity contribution in [1.29, 1.82) is 0 Å². The van der Waals surface area contributed by atoms with Gasteiger partial charge in [0, 0.05) is 6.42 Å². The highest BCUT2D eigenvalue weighted by Gasteiger charge is 2.20. The molecule has 2 N–H and O–H groups in total. The van der Waals surface area contributed by atoms with Crippen LogP contribution in [0.15, 0.2) is 24.3 Å². The second-order valence-corrected chi connectivity index (χ2v) is 4.81. The van der Waals surface area contributed by atoms with E-state index < -0.39 is 0 Å². The summed E-state index contributed by atoms with van der Waals surface area (Å²) in [5, 5.41) is 10.7. The number of rotatable bonds is 4. The first-order chi connectivity index (χ1) is 9.35. The van der Waals surface area contributed by atoms with Crippen molar-refractivity contribution < 1.29 is 4.74 Å². The van der Waals surface area contributed by atoms with Gasteiger partial charge < -0.3 is 10.1 Å². The van der Waals surface area contributed by atoms with Crippen LogP contribution in [0.3, 0.4) is 0 Å². The summed E-state index contributed by atoms with van der Waals surface area (Å²) in [6, 6.07) is 8.35. The van der Waals surface area contributed by atoms with Crippen LogP contribution < -0.4 is 10.1 Å². The summed E-state index contributed by atoms with van der Waals surface area (Å²) in [5.74, 6) is 2.67. The van der Waals surface area contributed by atoms with E-state index in [1.807, 2.05) is 12.1 Å². The Morgan fingerprint density at radius 3 is 2.84 bits per heavy atom. The van der Waals surface area contributed by atoms with Gasteiger partial charge in [-0.1, -0.05) is 12.1 Å². The number of H-pyrrole nitrogens is 1. The molecular formula is C14H18N4O. The lowest BCUT2D eigenvalue weighted by atomic mass is 10.1. The molecule has 0 amide bonds. The minimum atomic E-state index is 0.320. The summed E-state index contributed by atoms with van der Waals surface area (Å²) >= 11 is 0. The molecule has 19 heavy (non-hydrogen) atoms. The Labute approximate surface area is 112 Å². The maximum absolute atomic E-state index is 5.15. The molecule has 3 rings (SSSR count). The topological polar surface area (TPSA) is 62.8 Å². The predicted molar refractivity (Wildman–Crippen MR) is 72.2 cm³/mol. The standard InChI is InChI=1S/C14H18N4O/c1-19-11-6-4-10(5-7-11)9-13-16-14(18-17-13)12-3-2-8-15-12/h4-7,12,15H,2-3,8-9H2,1H3,(H,16,17,18). The highest BCUT2D eigenvalue weighted by atomic mass is 16.5. The van der Waals surface area contributed by atoms with Crippen molar-refractivity contribution in [2.75, 3.05) is 13.7 Å². The molecule has 2 aromatic rings. The minimum Gasteiger partial charge on any atom is -0.497 e. The lowest BCUT2D eigenvalue weighted by molar-refractivity contribution is 0.414. The van der Waals surface area contributed by atoms with Crippen molar-refractivity contribution in [2.45, 2.75) is 25.3 Å². The zero-order valence-corrected chi connectivity index (χ0v) is 11.0. The van der Waals surface area contributed by atoms with E-state index in [-0.39, 0.29) is 0 Å². The second-order valence-electron chi connectivity index (χ2n) is 4.81. The van der Waals surface area contributed by atoms with Crippen LogP contribution in [0, 0.1) is 0 Å². The number of aromatic nitrogens is 3. The first kappa shape index (κ1) is 12.2. The van der Waals surface area contributed by atoms with Crippen LogP contribution in [0.5, 0.6) is 5.75 Å². The largest absolute Gasteiger partial charge is 0.497 e. The van der Waals surface area contributed by atoms with Crippen LogP contribution >= 0.6 is 0 Å². The van der Waals surface area contributed by atoms with Gasteiger partial charge in [-0.2, -0.15) is 5.10 Å². The fourth-order valence-electron chi connectivity index (χ4n) is 2.39. The third-order valence-corrected chi connectivity index (χ3v) is 3.45. The third kappa shape index (κ3) is 2.76. The average molecular weight is 258 g/mol. The maximum atomic E-state index is 5.15. The van der Waals surface area contributed by atoms with Gasteiger partial charge in [-0.15, -0.1) is 0 Å². The van der Waals surface area contributed by atoms with Crippen molar-refractivity contribution >= 4 is 0 Å². The van der Waals surface area contributed by atoms with Gasteiger partial charge in [0.2, 0.25) is 0 Å². The van der Waals surface area contributed by atoms with Crippen LogP contribution in [-0.4, -0.2) is 28.8 Å². The summed E-state index contributed by atoms with van der Waals surface area (Å²) in [6.45, 7) is 1.06. The molecule has 5 nitrogen and oxygen atoms in total. The number of hydrogen-bond acceptors (Lipinski definition) is 4. The van der Waals surface area contributed by atoms with Crippen molar-refractivity contribution in [2.24, 2.45) is 0 Å². The molecule has 1 aliphatic heterocycles. The van der Waals surface area contributed by atoms with Crippen LogP contribution in [0.4, 0.5) is 0 Å². The van der Waals surface area contributed by atoms with Crippen LogP contribution in [-0.2, 0) is 6.42 Å². The first-order valence-electron chi connectivity index (χ1n) is 6.62. The number of nitrogens with zero attached hydrogens (tertiary/aromatic N) is 2. The molecule has 1 aliphatic rings. The van der Waals surface area contributed by atoms with E-state index in [1.54, 1.807) is 7.11 Å². The maximum Gasteiger partial charge on any atom is 0.167 e. The molecular weight excluding hydrogens is 240 g/mol. The Kier molecular flexibility index (Phi) is 3.46. The first-order valence-corrected chi connectivity index (χ1v) is 6.62. The highest BCUT2D eigenvalue weighted by Crippen LogP contribution is 2.20. The van der Waals surface area contributed by atoms with E-state index in [1.165, 1.54) is 12.0 Å². The number of nitrogens with one attached hydrogen (secondary N) is 2. The van der Waals surface area contributed by atoms with Crippen molar-refractivity contribution in [3.05, 3.63) is 41.5 Å². The number of benzene rings is 1. The molecule has 0 saturated carbocycles. The van der Waals surface area contributed by atoms with Gasteiger partial charge in [-0.05, 0) is 37.1 Å². The van der Waals surface area contributed by atoms with Gasteiger partial charge in [0.1, 0.15) is 11.6 Å². The quantitative estimate of drug-likeness (QED) is 0.878. The molecule has 1 aromatic carbocycles. The fourth-order valence-corrected chi connectivity index (χ4v) is 2.39. The molecule has 0 radical (unpaired) electrons. The Bertz CT molecular complexity index is 529. The van der Waals surface area contributed by atoms with Crippen molar-refractivity contribution in [1.82, 2.24) is 20.5 Å². The Balaban J connectivity index is 1.68. The van der Waals surface area contributed by atoms with Gasteiger partial charge in [0.05, 0.1) is 13.2 Å². The monoisotopic (exact) mass is 258 g/mol. The molecule has 5 heteroatoms. The van der Waals surface area contributed by atoms with Crippen LogP contribution in [0.2, 0.25) is 0 Å². The van der Waals surface area contributed by atoms with Gasteiger partial charge in [0.25, 0.3) is 0 Å². The molecule has 1 unspecified atom stereocenters. The Morgan fingerprint density at radius 2 is 2.16 bits per heavy atom. The summed E-state index contributed by atoms with van der Waals surface area (Å²) in [7, 11) is 1.67. The smallest absolute Gasteiger partial charge is 0.167 e. The summed E-state index contributed by atoms with van der Waals surface area (Å²) in [5.41, 5.74) is 1.20. The predicted octanol–water partition coefficient (Wildman–Crippen LogP) is 1.83. The number of aromatic amines is 1.